The van der Waals surface area contributed by atoms with E-state index in [0.717, 1.165) is 31.6 Å². The molecule has 0 heterocycles. The predicted octanol–water partition coefficient (Wildman–Crippen LogP) is 3.17. The molecule has 1 aromatic carbocycles. The van der Waals surface area contributed by atoms with Crippen molar-refractivity contribution >= 4 is 5.69 Å². The number of rotatable bonds is 4. The molecule has 0 spiro atoms. The second-order valence-electron chi connectivity index (χ2n) is 5.27. The lowest BCUT2D eigenvalue weighted by molar-refractivity contribution is 0.327. The second kappa shape index (κ2) is 6.19. The number of benzene rings is 1. The Labute approximate surface area is 109 Å². The lowest BCUT2D eigenvalue weighted by Gasteiger charge is -2.32. The quantitative estimate of drug-likeness (QED) is 0.889. The van der Waals surface area contributed by atoms with Gasteiger partial charge in [-0.05, 0) is 50.7 Å². The largest absolute Gasteiger partial charge is 0.369 e. The fourth-order valence-corrected chi connectivity index (χ4v) is 2.79. The van der Waals surface area contributed by atoms with Gasteiger partial charge in [0.2, 0.25) is 0 Å². The molecular formula is C15H23FN2. The normalized spacial score (nSPS) is 23.9. The molecule has 0 atom stereocenters. The first-order chi connectivity index (χ1) is 8.70. The topological polar surface area (TPSA) is 29.3 Å². The van der Waals surface area contributed by atoms with E-state index in [1.54, 1.807) is 6.07 Å². The van der Waals surface area contributed by atoms with Crippen molar-refractivity contribution in [3.05, 3.63) is 30.1 Å². The Morgan fingerprint density at radius 2 is 1.89 bits per heavy atom. The maximum atomic E-state index is 13.8. The van der Waals surface area contributed by atoms with Crippen LogP contribution in [-0.4, -0.2) is 19.1 Å². The molecule has 3 heteroatoms. The number of hydrogen-bond donors (Lipinski definition) is 1. The molecule has 2 rings (SSSR count). The minimum absolute atomic E-state index is 0.119. The summed E-state index contributed by atoms with van der Waals surface area (Å²) in [6, 6.07) is 7.43. The summed E-state index contributed by atoms with van der Waals surface area (Å²) in [6.45, 7) is 3.88. The zero-order valence-corrected chi connectivity index (χ0v) is 11.1. The fourth-order valence-electron chi connectivity index (χ4n) is 2.79. The lowest BCUT2D eigenvalue weighted by atomic mass is 9.86. The molecule has 1 aliphatic carbocycles. The Balaban J connectivity index is 1.99. The van der Waals surface area contributed by atoms with Gasteiger partial charge in [-0.15, -0.1) is 0 Å². The molecule has 100 valence electrons. The van der Waals surface area contributed by atoms with Crippen LogP contribution in [0.3, 0.4) is 0 Å². The Kier molecular flexibility index (Phi) is 4.59. The van der Waals surface area contributed by atoms with Crippen LogP contribution in [0.15, 0.2) is 24.3 Å². The number of nitrogens with zero attached hydrogens (tertiary/aromatic N) is 1. The molecule has 0 saturated heterocycles. The van der Waals surface area contributed by atoms with E-state index in [-0.39, 0.29) is 5.82 Å². The van der Waals surface area contributed by atoms with Gasteiger partial charge in [0, 0.05) is 19.1 Å². The van der Waals surface area contributed by atoms with Gasteiger partial charge < -0.3 is 10.6 Å². The van der Waals surface area contributed by atoms with Crippen molar-refractivity contribution in [1.29, 1.82) is 0 Å². The third-order valence-corrected chi connectivity index (χ3v) is 3.94. The number of halogens is 1. The van der Waals surface area contributed by atoms with Crippen LogP contribution in [0.5, 0.6) is 0 Å². The summed E-state index contributed by atoms with van der Waals surface area (Å²) in [5.41, 5.74) is 6.65. The smallest absolute Gasteiger partial charge is 0.146 e. The van der Waals surface area contributed by atoms with E-state index in [0.29, 0.717) is 12.0 Å². The average Bonchev–Trinajstić information content (AvgIpc) is 2.39. The van der Waals surface area contributed by atoms with Crippen molar-refractivity contribution < 1.29 is 4.39 Å². The fraction of sp³-hybridized carbons (Fsp3) is 0.600. The second-order valence-corrected chi connectivity index (χ2v) is 5.27. The SMILES string of the molecule is CCN(CC1CCC(N)CC1)c1ccccc1F. The van der Waals surface area contributed by atoms with Gasteiger partial charge in [0.15, 0.2) is 0 Å². The van der Waals surface area contributed by atoms with Crippen LogP contribution in [0.25, 0.3) is 0 Å². The molecule has 1 saturated carbocycles. The van der Waals surface area contributed by atoms with Crippen LogP contribution < -0.4 is 10.6 Å². The maximum Gasteiger partial charge on any atom is 0.146 e. The van der Waals surface area contributed by atoms with Crippen molar-refractivity contribution in [3.63, 3.8) is 0 Å². The van der Waals surface area contributed by atoms with Gasteiger partial charge in [-0.25, -0.2) is 4.39 Å². The standard InChI is InChI=1S/C15H23FN2/c1-2-18(15-6-4-3-5-14(15)16)11-12-7-9-13(17)10-8-12/h3-6,12-13H,2,7-11,17H2,1H3. The van der Waals surface area contributed by atoms with Crippen molar-refractivity contribution in [2.24, 2.45) is 11.7 Å². The van der Waals surface area contributed by atoms with Crippen LogP contribution in [0.4, 0.5) is 10.1 Å². The Hall–Kier alpha value is -1.09. The van der Waals surface area contributed by atoms with Gasteiger partial charge >= 0.3 is 0 Å². The van der Waals surface area contributed by atoms with Gasteiger partial charge in [0.1, 0.15) is 5.82 Å². The van der Waals surface area contributed by atoms with E-state index in [1.807, 2.05) is 12.1 Å². The highest BCUT2D eigenvalue weighted by molar-refractivity contribution is 5.47. The van der Waals surface area contributed by atoms with Crippen molar-refractivity contribution in [1.82, 2.24) is 0 Å². The molecule has 0 amide bonds. The molecule has 1 aliphatic rings. The average molecular weight is 250 g/mol. The first-order valence-corrected chi connectivity index (χ1v) is 6.95. The number of nitrogens with two attached hydrogens (primary N) is 1. The molecule has 2 nitrogen and oxygen atoms in total. The van der Waals surface area contributed by atoms with Crippen molar-refractivity contribution in [2.45, 2.75) is 38.6 Å². The monoisotopic (exact) mass is 250 g/mol. The first kappa shape index (κ1) is 13.3. The molecular weight excluding hydrogens is 227 g/mol. The van der Waals surface area contributed by atoms with Gasteiger partial charge in [-0.1, -0.05) is 12.1 Å². The Bertz CT molecular complexity index is 373. The summed E-state index contributed by atoms with van der Waals surface area (Å²) < 4.78 is 13.8. The summed E-state index contributed by atoms with van der Waals surface area (Å²) in [5.74, 6) is 0.538. The molecule has 0 radical (unpaired) electrons. The zero-order valence-electron chi connectivity index (χ0n) is 11.1. The summed E-state index contributed by atoms with van der Waals surface area (Å²) in [6.07, 6.45) is 4.57. The van der Waals surface area contributed by atoms with Crippen LogP contribution in [0.1, 0.15) is 32.6 Å². The highest BCUT2D eigenvalue weighted by Gasteiger charge is 2.21. The first-order valence-electron chi connectivity index (χ1n) is 6.95. The van der Waals surface area contributed by atoms with Gasteiger partial charge in [0.25, 0.3) is 0 Å². The van der Waals surface area contributed by atoms with Crippen LogP contribution in [-0.2, 0) is 0 Å². The molecule has 0 bridgehead atoms. The third-order valence-electron chi connectivity index (χ3n) is 3.94. The number of anilines is 1. The molecule has 18 heavy (non-hydrogen) atoms. The molecule has 0 aromatic heterocycles. The molecule has 1 aromatic rings. The zero-order chi connectivity index (χ0) is 13.0. The summed E-state index contributed by atoms with van der Waals surface area (Å²) in [7, 11) is 0. The summed E-state index contributed by atoms with van der Waals surface area (Å²) in [4.78, 5) is 2.15. The minimum atomic E-state index is -0.119. The highest BCUT2D eigenvalue weighted by Crippen LogP contribution is 2.27. The Morgan fingerprint density at radius 1 is 1.22 bits per heavy atom. The minimum Gasteiger partial charge on any atom is -0.369 e. The Morgan fingerprint density at radius 3 is 2.50 bits per heavy atom. The van der Waals surface area contributed by atoms with Crippen LogP contribution >= 0.6 is 0 Å². The third kappa shape index (κ3) is 3.22. The van der Waals surface area contributed by atoms with Crippen LogP contribution in [0, 0.1) is 11.7 Å². The van der Waals surface area contributed by atoms with Gasteiger partial charge in [0.05, 0.1) is 5.69 Å². The molecule has 0 aliphatic heterocycles. The van der Waals surface area contributed by atoms with E-state index < -0.39 is 0 Å². The van der Waals surface area contributed by atoms with Gasteiger partial charge in [-0.2, -0.15) is 0 Å². The number of hydrogen-bond acceptors (Lipinski definition) is 2. The van der Waals surface area contributed by atoms with Crippen molar-refractivity contribution in [2.75, 3.05) is 18.0 Å². The van der Waals surface area contributed by atoms with E-state index in [4.69, 9.17) is 5.73 Å². The van der Waals surface area contributed by atoms with E-state index in [1.165, 1.54) is 18.9 Å². The highest BCUT2D eigenvalue weighted by atomic mass is 19.1. The van der Waals surface area contributed by atoms with Gasteiger partial charge in [-0.3, -0.25) is 0 Å². The molecule has 1 fully saturated rings. The van der Waals surface area contributed by atoms with E-state index in [2.05, 4.69) is 11.8 Å². The predicted molar refractivity (Wildman–Crippen MR) is 74.2 cm³/mol. The van der Waals surface area contributed by atoms with E-state index in [9.17, 15) is 4.39 Å². The molecule has 0 unspecified atom stereocenters. The van der Waals surface area contributed by atoms with Crippen molar-refractivity contribution in [3.8, 4) is 0 Å². The summed E-state index contributed by atoms with van der Waals surface area (Å²) in [5, 5.41) is 0. The lowest BCUT2D eigenvalue weighted by Crippen LogP contribution is -2.34. The number of para-hydroxylation sites is 1. The maximum absolute atomic E-state index is 13.8. The molecule has 2 N–H and O–H groups in total. The van der Waals surface area contributed by atoms with E-state index >= 15 is 0 Å². The summed E-state index contributed by atoms with van der Waals surface area (Å²) >= 11 is 0. The van der Waals surface area contributed by atoms with Crippen LogP contribution in [0.2, 0.25) is 0 Å².